The van der Waals surface area contributed by atoms with Gasteiger partial charge in [0.2, 0.25) is 0 Å². The van der Waals surface area contributed by atoms with Crippen LogP contribution in [0.25, 0.3) is 0 Å². The Labute approximate surface area is 137 Å². The van der Waals surface area contributed by atoms with E-state index in [9.17, 15) is 14.3 Å². The number of aliphatic hydroxyl groups excluding tert-OH is 1. The highest BCUT2D eigenvalue weighted by Gasteiger charge is 2.23. The standard InChI is InChI=1S/C18H27FN2O2/c1-12(2)17(10-13-3-6-15(19)7-4-13)21-18(23)20-11-14-5-8-16(22)9-14/h3-4,6-7,12,14,16-17,22H,5,8-11H2,1-2H3,(H2,20,21,23)/t14-,16+,17+/m1/s1. The molecule has 2 amide bonds. The number of hydrogen-bond acceptors (Lipinski definition) is 2. The number of halogens is 1. The molecule has 1 aliphatic rings. The average Bonchev–Trinajstić information content (AvgIpc) is 2.92. The Morgan fingerprint density at radius 3 is 2.57 bits per heavy atom. The molecule has 1 saturated carbocycles. The molecule has 2 rings (SSSR count). The summed E-state index contributed by atoms with van der Waals surface area (Å²) in [6.07, 6.45) is 3.01. The molecule has 0 aliphatic heterocycles. The highest BCUT2D eigenvalue weighted by atomic mass is 19.1. The fraction of sp³-hybridized carbons (Fsp3) is 0.611. The van der Waals surface area contributed by atoms with Crippen LogP contribution in [0.2, 0.25) is 0 Å². The molecule has 0 unspecified atom stereocenters. The lowest BCUT2D eigenvalue weighted by Gasteiger charge is -2.23. The van der Waals surface area contributed by atoms with Crippen molar-refractivity contribution in [1.29, 1.82) is 0 Å². The van der Waals surface area contributed by atoms with E-state index in [2.05, 4.69) is 24.5 Å². The number of urea groups is 1. The van der Waals surface area contributed by atoms with Crippen LogP contribution in [-0.4, -0.2) is 29.8 Å². The fourth-order valence-corrected chi connectivity index (χ4v) is 3.02. The van der Waals surface area contributed by atoms with Crippen molar-refractivity contribution in [3.05, 3.63) is 35.6 Å². The van der Waals surface area contributed by atoms with E-state index in [0.29, 0.717) is 18.9 Å². The molecule has 0 aromatic heterocycles. The molecule has 1 aliphatic carbocycles. The van der Waals surface area contributed by atoms with Crippen LogP contribution in [0.4, 0.5) is 9.18 Å². The second-order valence-electron chi connectivity index (χ2n) is 6.87. The van der Waals surface area contributed by atoms with Crippen molar-refractivity contribution >= 4 is 6.03 Å². The fourth-order valence-electron chi connectivity index (χ4n) is 3.02. The third kappa shape index (κ3) is 5.82. The summed E-state index contributed by atoms with van der Waals surface area (Å²) in [5.74, 6) is 0.392. The summed E-state index contributed by atoms with van der Waals surface area (Å²) in [4.78, 5) is 12.1. The molecule has 0 spiro atoms. The molecule has 1 aromatic carbocycles. The number of rotatable bonds is 6. The first-order valence-electron chi connectivity index (χ1n) is 8.41. The van der Waals surface area contributed by atoms with E-state index in [1.807, 2.05) is 0 Å². The first-order chi connectivity index (χ1) is 10.9. The Kier molecular flexibility index (Phi) is 6.39. The lowest BCUT2D eigenvalue weighted by Crippen LogP contribution is -2.46. The third-order valence-corrected chi connectivity index (χ3v) is 4.55. The average molecular weight is 322 g/mol. The predicted molar refractivity (Wildman–Crippen MR) is 88.6 cm³/mol. The summed E-state index contributed by atoms with van der Waals surface area (Å²) >= 11 is 0. The molecular weight excluding hydrogens is 295 g/mol. The summed E-state index contributed by atoms with van der Waals surface area (Å²) < 4.78 is 13.0. The summed E-state index contributed by atoms with van der Waals surface area (Å²) in [7, 11) is 0. The van der Waals surface area contributed by atoms with Crippen LogP contribution in [0, 0.1) is 17.7 Å². The van der Waals surface area contributed by atoms with Crippen LogP contribution in [0.3, 0.4) is 0 Å². The zero-order valence-corrected chi connectivity index (χ0v) is 13.9. The molecule has 1 aromatic rings. The van der Waals surface area contributed by atoms with Crippen molar-refractivity contribution in [3.63, 3.8) is 0 Å². The van der Waals surface area contributed by atoms with E-state index in [-0.39, 0.29) is 29.9 Å². The minimum absolute atomic E-state index is 0.00497. The van der Waals surface area contributed by atoms with Crippen LogP contribution in [0.5, 0.6) is 0 Å². The molecule has 0 saturated heterocycles. The van der Waals surface area contributed by atoms with Gasteiger partial charge in [0.1, 0.15) is 5.82 Å². The topological polar surface area (TPSA) is 61.4 Å². The van der Waals surface area contributed by atoms with Crippen molar-refractivity contribution in [3.8, 4) is 0 Å². The van der Waals surface area contributed by atoms with Crippen LogP contribution in [0.1, 0.15) is 38.7 Å². The molecule has 0 bridgehead atoms. The SMILES string of the molecule is CC(C)[C@H](Cc1ccc(F)cc1)NC(=O)NC[C@@H]1CC[C@H](O)C1. The number of amides is 2. The third-order valence-electron chi connectivity index (χ3n) is 4.55. The van der Waals surface area contributed by atoms with Gasteiger partial charge in [-0.2, -0.15) is 0 Å². The van der Waals surface area contributed by atoms with E-state index in [1.54, 1.807) is 12.1 Å². The quantitative estimate of drug-likeness (QED) is 0.754. The lowest BCUT2D eigenvalue weighted by atomic mass is 9.96. The molecule has 0 radical (unpaired) electrons. The number of hydrogen-bond donors (Lipinski definition) is 3. The number of aliphatic hydroxyl groups is 1. The van der Waals surface area contributed by atoms with Gasteiger partial charge in [-0.1, -0.05) is 26.0 Å². The van der Waals surface area contributed by atoms with Crippen LogP contribution in [0.15, 0.2) is 24.3 Å². The van der Waals surface area contributed by atoms with Crippen molar-refractivity contribution in [2.45, 2.75) is 51.7 Å². The highest BCUT2D eigenvalue weighted by molar-refractivity contribution is 5.74. The van der Waals surface area contributed by atoms with Crippen molar-refractivity contribution in [1.82, 2.24) is 10.6 Å². The first kappa shape index (κ1) is 17.7. The molecule has 5 heteroatoms. The first-order valence-corrected chi connectivity index (χ1v) is 8.41. The minimum atomic E-state index is -0.251. The summed E-state index contributed by atoms with van der Waals surface area (Å²) in [6.45, 7) is 4.72. The van der Waals surface area contributed by atoms with Gasteiger partial charge in [0.25, 0.3) is 0 Å². The van der Waals surface area contributed by atoms with Crippen molar-refractivity contribution < 1.29 is 14.3 Å². The molecule has 3 atom stereocenters. The second-order valence-corrected chi connectivity index (χ2v) is 6.87. The van der Waals surface area contributed by atoms with E-state index >= 15 is 0 Å². The van der Waals surface area contributed by atoms with Gasteiger partial charge in [-0.3, -0.25) is 0 Å². The summed E-state index contributed by atoms with van der Waals surface area (Å²) in [6, 6.07) is 6.21. The lowest BCUT2D eigenvalue weighted by molar-refractivity contribution is 0.177. The van der Waals surface area contributed by atoms with E-state index < -0.39 is 0 Å². The van der Waals surface area contributed by atoms with Gasteiger partial charge in [0.05, 0.1) is 6.10 Å². The summed E-state index contributed by atoms with van der Waals surface area (Å²) in [5, 5.41) is 15.4. The maximum atomic E-state index is 13.0. The predicted octanol–water partition coefficient (Wildman–Crippen LogP) is 2.85. The van der Waals surface area contributed by atoms with Crippen molar-refractivity contribution in [2.24, 2.45) is 11.8 Å². The van der Waals surface area contributed by atoms with Gasteiger partial charge in [-0.05, 0) is 55.2 Å². The normalized spacial score (nSPS) is 22.1. The van der Waals surface area contributed by atoms with Crippen LogP contribution in [-0.2, 0) is 6.42 Å². The van der Waals surface area contributed by atoms with E-state index in [4.69, 9.17) is 0 Å². The monoisotopic (exact) mass is 322 g/mol. The van der Waals surface area contributed by atoms with E-state index in [1.165, 1.54) is 12.1 Å². The van der Waals surface area contributed by atoms with Crippen molar-refractivity contribution in [2.75, 3.05) is 6.54 Å². The molecule has 3 N–H and O–H groups in total. The van der Waals surface area contributed by atoms with Gasteiger partial charge in [0.15, 0.2) is 0 Å². The van der Waals surface area contributed by atoms with Gasteiger partial charge in [-0.15, -0.1) is 0 Å². The van der Waals surface area contributed by atoms with Crippen LogP contribution >= 0.6 is 0 Å². The van der Waals surface area contributed by atoms with Gasteiger partial charge >= 0.3 is 6.03 Å². The zero-order chi connectivity index (χ0) is 16.8. The van der Waals surface area contributed by atoms with E-state index in [0.717, 1.165) is 24.8 Å². The smallest absolute Gasteiger partial charge is 0.315 e. The molecule has 23 heavy (non-hydrogen) atoms. The van der Waals surface area contributed by atoms with Gasteiger partial charge < -0.3 is 15.7 Å². The van der Waals surface area contributed by atoms with Crippen LogP contribution < -0.4 is 10.6 Å². The molecular formula is C18H27FN2O2. The Balaban J connectivity index is 1.81. The Morgan fingerprint density at radius 1 is 1.30 bits per heavy atom. The number of carbonyl (C=O) groups is 1. The number of carbonyl (C=O) groups excluding carboxylic acids is 1. The summed E-state index contributed by atoms with van der Waals surface area (Å²) in [5.41, 5.74) is 1.00. The van der Waals surface area contributed by atoms with Gasteiger partial charge in [-0.25, -0.2) is 9.18 Å². The number of nitrogens with one attached hydrogen (secondary N) is 2. The zero-order valence-electron chi connectivity index (χ0n) is 13.9. The molecule has 128 valence electrons. The Morgan fingerprint density at radius 2 is 2.00 bits per heavy atom. The Hall–Kier alpha value is -1.62. The van der Waals surface area contributed by atoms with Gasteiger partial charge in [0, 0.05) is 12.6 Å². The second kappa shape index (κ2) is 8.29. The number of benzene rings is 1. The largest absolute Gasteiger partial charge is 0.393 e. The maximum absolute atomic E-state index is 13.0. The Bertz CT molecular complexity index is 504. The molecule has 1 fully saturated rings. The minimum Gasteiger partial charge on any atom is -0.393 e. The highest BCUT2D eigenvalue weighted by Crippen LogP contribution is 2.24. The molecule has 0 heterocycles. The molecule has 4 nitrogen and oxygen atoms in total. The maximum Gasteiger partial charge on any atom is 0.315 e.